The molecule has 2 aromatic rings. The Morgan fingerprint density at radius 1 is 1.08 bits per heavy atom. The van der Waals surface area contributed by atoms with E-state index in [0.717, 1.165) is 31.4 Å². The molecule has 0 aliphatic rings. The fourth-order valence-electron chi connectivity index (χ4n) is 1.32. The number of nitro groups is 1. The Hall–Kier alpha value is -2.94. The van der Waals surface area contributed by atoms with Crippen LogP contribution in [0.15, 0.2) is 36.4 Å². The van der Waals surface area contributed by atoms with Crippen LogP contribution in [0.5, 0.6) is 11.5 Å². The van der Waals surface area contributed by atoms with Crippen LogP contribution >= 0.6 is 0 Å². The molecular formula is C15H18F2N2O5. The summed E-state index contributed by atoms with van der Waals surface area (Å²) in [6.07, 6.45) is 0. The second kappa shape index (κ2) is 10.7. The molecule has 0 aliphatic heterocycles. The van der Waals surface area contributed by atoms with Crippen molar-refractivity contribution in [3.63, 3.8) is 0 Å². The highest BCUT2D eigenvalue weighted by molar-refractivity contribution is 5.52. The third-order valence-electron chi connectivity index (χ3n) is 2.31. The van der Waals surface area contributed by atoms with Crippen molar-refractivity contribution in [2.75, 3.05) is 26.9 Å². The van der Waals surface area contributed by atoms with E-state index in [1.165, 1.54) is 6.07 Å². The summed E-state index contributed by atoms with van der Waals surface area (Å²) in [5.41, 5.74) is 4.86. The highest BCUT2D eigenvalue weighted by Gasteiger charge is 2.14. The number of rotatable bonds is 3. The Morgan fingerprint density at radius 2 is 1.58 bits per heavy atom. The van der Waals surface area contributed by atoms with Crippen LogP contribution in [0.4, 0.5) is 20.2 Å². The molecule has 9 heteroatoms. The molecule has 0 saturated heterocycles. The lowest BCUT2D eigenvalue weighted by Gasteiger charge is -2.01. The number of nitrogen functional groups attached to an aromatic ring is 1. The number of anilines is 1. The lowest BCUT2D eigenvalue weighted by Crippen LogP contribution is -1.93. The Bertz CT molecular complexity index is 849. The molecule has 0 spiro atoms. The number of nitrogens with zero attached hydrogens (tertiary/aromatic N) is 1. The van der Waals surface area contributed by atoms with Gasteiger partial charge >= 0.3 is 5.69 Å². The van der Waals surface area contributed by atoms with Gasteiger partial charge in [-0.25, -0.2) is 8.78 Å². The number of ether oxygens (including phenoxy) is 2. The molecule has 0 aromatic heterocycles. The molecule has 0 radical (unpaired) electrons. The molecule has 0 amide bonds. The Balaban J connectivity index is 0.000000522. The van der Waals surface area contributed by atoms with Crippen molar-refractivity contribution in [2.24, 2.45) is 0 Å². The molecule has 0 fully saturated rings. The van der Waals surface area contributed by atoms with Gasteiger partial charge in [-0.1, -0.05) is 0 Å². The normalized spacial score (nSPS) is 13.7. The second-order valence-electron chi connectivity index (χ2n) is 3.76. The van der Waals surface area contributed by atoms with Crippen molar-refractivity contribution in [2.45, 2.75) is 0 Å². The minimum absolute atomic E-state index is 0.0949. The molecule has 0 aliphatic carbocycles. The van der Waals surface area contributed by atoms with Gasteiger partial charge < -0.3 is 20.3 Å². The summed E-state index contributed by atoms with van der Waals surface area (Å²) in [4.78, 5) is 9.59. The van der Waals surface area contributed by atoms with Crippen molar-refractivity contribution in [3.05, 3.63) is 58.1 Å². The first-order valence-electron chi connectivity index (χ1n) is 9.00. The van der Waals surface area contributed by atoms with Crippen molar-refractivity contribution in [1.82, 2.24) is 0 Å². The smallest absolute Gasteiger partial charge is 0.311 e. The summed E-state index contributed by atoms with van der Waals surface area (Å²) < 4.78 is 74.6. The van der Waals surface area contributed by atoms with Crippen LogP contribution < -0.4 is 15.2 Å². The maximum Gasteiger partial charge on any atom is 0.311 e. The quantitative estimate of drug-likeness (QED) is 0.501. The van der Waals surface area contributed by atoms with Crippen LogP contribution in [0.3, 0.4) is 0 Å². The van der Waals surface area contributed by atoms with E-state index >= 15 is 0 Å². The minimum Gasteiger partial charge on any atom is -0.494 e. The van der Waals surface area contributed by atoms with Crippen molar-refractivity contribution < 1.29 is 36.5 Å². The molecule has 2 rings (SSSR count). The van der Waals surface area contributed by atoms with Gasteiger partial charge in [0.1, 0.15) is 17.4 Å². The van der Waals surface area contributed by atoms with Crippen LogP contribution in [0.25, 0.3) is 0 Å². The van der Waals surface area contributed by atoms with Crippen molar-refractivity contribution >= 4 is 11.4 Å². The van der Waals surface area contributed by atoms with E-state index in [2.05, 4.69) is 9.47 Å². The largest absolute Gasteiger partial charge is 0.494 e. The summed E-state index contributed by atoms with van der Waals surface area (Å²) >= 11 is 0. The number of nitrogens with two attached hydrogens (primary N) is 1. The van der Waals surface area contributed by atoms with Gasteiger partial charge in [-0.2, -0.15) is 0 Å². The predicted octanol–water partition coefficient (Wildman–Crippen LogP) is 2.77. The highest BCUT2D eigenvalue weighted by atomic mass is 19.1. The molecule has 0 atom stereocenters. The average Bonchev–Trinajstić information content (AvgIpc) is 2.57. The number of aliphatic hydroxyl groups excluding tert-OH is 1. The molecule has 3 N–H and O–H groups in total. The lowest BCUT2D eigenvalue weighted by atomic mass is 10.3. The minimum atomic E-state index is -2.85. The first-order chi connectivity index (χ1) is 13.7. The SMILES string of the molecule is CO.[2H]C([2H])([2H])Oc1cc(F)ccc1N.[2H]C([2H])([2H])Oc1cc(F)ccc1[N+](=O)[O-]. The van der Waals surface area contributed by atoms with E-state index in [1.54, 1.807) is 0 Å². The maximum absolute atomic E-state index is 12.7. The Morgan fingerprint density at radius 3 is 2.12 bits per heavy atom. The number of nitro benzene ring substituents is 1. The summed E-state index contributed by atoms with van der Waals surface area (Å²) in [6.45, 7) is 0. The predicted molar refractivity (Wildman–Crippen MR) is 85.1 cm³/mol. The third kappa shape index (κ3) is 6.44. The zero-order chi connectivity index (χ0) is 23.7. The number of halogens is 2. The van der Waals surface area contributed by atoms with E-state index < -0.39 is 42.1 Å². The highest BCUT2D eigenvalue weighted by Crippen LogP contribution is 2.26. The van der Waals surface area contributed by atoms with Gasteiger partial charge in [0.15, 0.2) is 5.75 Å². The van der Waals surface area contributed by atoms with E-state index in [1.807, 2.05) is 0 Å². The van der Waals surface area contributed by atoms with Gasteiger partial charge in [-0.3, -0.25) is 10.1 Å². The van der Waals surface area contributed by atoms with Gasteiger partial charge in [0.25, 0.3) is 0 Å². The number of hydrogen-bond donors (Lipinski definition) is 2. The van der Waals surface area contributed by atoms with E-state index in [4.69, 9.17) is 19.1 Å². The molecule has 0 bridgehead atoms. The molecule has 7 nitrogen and oxygen atoms in total. The maximum atomic E-state index is 12.7. The summed E-state index contributed by atoms with van der Waals surface area (Å²) in [7, 11) is -4.46. The Kier molecular flexibility index (Phi) is 5.58. The summed E-state index contributed by atoms with van der Waals surface area (Å²) in [6, 6.07) is 5.66. The molecule has 0 saturated carbocycles. The average molecular weight is 350 g/mol. The van der Waals surface area contributed by atoms with Crippen LogP contribution in [0.1, 0.15) is 8.22 Å². The van der Waals surface area contributed by atoms with Crippen LogP contribution in [-0.2, 0) is 0 Å². The molecule has 0 unspecified atom stereocenters. The van der Waals surface area contributed by atoms with Gasteiger partial charge in [0, 0.05) is 25.3 Å². The van der Waals surface area contributed by atoms with Crippen molar-refractivity contribution in [1.29, 1.82) is 0 Å². The fraction of sp³-hybridized carbons (Fsp3) is 0.200. The van der Waals surface area contributed by atoms with Gasteiger partial charge in [0.05, 0.1) is 32.9 Å². The van der Waals surface area contributed by atoms with Gasteiger partial charge in [-0.05, 0) is 18.2 Å². The molecule has 0 heterocycles. The van der Waals surface area contributed by atoms with E-state index in [9.17, 15) is 18.9 Å². The Labute approximate surface area is 145 Å². The summed E-state index contributed by atoms with van der Waals surface area (Å²) in [5, 5.41) is 17.4. The zero-order valence-corrected chi connectivity index (χ0v) is 12.3. The monoisotopic (exact) mass is 350 g/mol. The lowest BCUT2D eigenvalue weighted by molar-refractivity contribution is -0.385. The number of hydrogen-bond acceptors (Lipinski definition) is 6. The fourth-order valence-corrected chi connectivity index (χ4v) is 1.32. The second-order valence-corrected chi connectivity index (χ2v) is 3.76. The topological polar surface area (TPSA) is 108 Å². The van der Waals surface area contributed by atoms with Gasteiger partial charge in [-0.15, -0.1) is 0 Å². The van der Waals surface area contributed by atoms with Gasteiger partial charge in [0.2, 0.25) is 0 Å². The van der Waals surface area contributed by atoms with E-state index in [-0.39, 0.29) is 11.4 Å². The molecule has 132 valence electrons. The number of benzene rings is 2. The zero-order valence-electron chi connectivity index (χ0n) is 18.3. The van der Waals surface area contributed by atoms with E-state index in [0.29, 0.717) is 6.07 Å². The number of methoxy groups -OCH3 is 2. The van der Waals surface area contributed by atoms with Crippen LogP contribution in [0.2, 0.25) is 0 Å². The summed E-state index contributed by atoms with van der Waals surface area (Å²) in [5.74, 6) is -2.17. The standard InChI is InChI=1S/C7H6FNO3.C7H8FNO.CH4O/c1-12-7-4-5(8)2-3-6(7)9(10)11;1-10-7-4-5(8)2-3-6(7)9;1-2/h2-4H,1H3;2-4H,9H2,1H3;2H,1H3/i2*1D3;. The third-order valence-corrected chi connectivity index (χ3v) is 2.31. The first-order valence-corrected chi connectivity index (χ1v) is 6.00. The molecule has 2 aromatic carbocycles. The van der Waals surface area contributed by atoms with Crippen molar-refractivity contribution in [3.8, 4) is 11.5 Å². The molecular weight excluding hydrogens is 326 g/mol. The van der Waals surface area contributed by atoms with Crippen LogP contribution in [0, 0.1) is 21.7 Å². The first kappa shape index (κ1) is 12.5. The van der Waals surface area contributed by atoms with Crippen LogP contribution in [-0.4, -0.2) is 31.2 Å². The molecule has 24 heavy (non-hydrogen) atoms. The number of aliphatic hydroxyl groups is 1.